The molecule has 3 aromatic heterocycles. The summed E-state index contributed by atoms with van der Waals surface area (Å²) in [6, 6.07) is 54.1. The summed E-state index contributed by atoms with van der Waals surface area (Å²) in [6.45, 7) is 8.61. The average Bonchev–Trinajstić information content (AvgIpc) is 3.69. The second-order valence-corrected chi connectivity index (χ2v) is 14.5. The average molecular weight is 696 g/mol. The van der Waals surface area contributed by atoms with Crippen LogP contribution < -0.4 is 0 Å². The highest BCUT2D eigenvalue weighted by Crippen LogP contribution is 2.39. The minimum Gasteiger partial charge on any atom is -0.309 e. The predicted octanol–water partition coefficient (Wildman–Crippen LogP) is 12.3. The molecule has 0 aliphatic heterocycles. The normalized spacial score (nSPS) is 11.7. The maximum atomic E-state index is 5.41. The Morgan fingerprint density at radius 1 is 0.352 bits per heavy atom. The molecule has 54 heavy (non-hydrogen) atoms. The lowest BCUT2D eigenvalue weighted by atomic mass is 9.99. The number of aryl methyl sites for hydroxylation is 4. The Morgan fingerprint density at radius 3 is 1.28 bits per heavy atom. The molecule has 7 aromatic carbocycles. The number of para-hydroxylation sites is 1. The van der Waals surface area contributed by atoms with Crippen LogP contribution in [-0.4, -0.2) is 24.1 Å². The number of hydrogen-bond acceptors (Lipinski definition) is 3. The van der Waals surface area contributed by atoms with Gasteiger partial charge in [0.1, 0.15) is 0 Å². The van der Waals surface area contributed by atoms with E-state index in [1.807, 2.05) is 6.07 Å². The minimum atomic E-state index is 0.578. The van der Waals surface area contributed by atoms with Crippen LogP contribution in [0.1, 0.15) is 22.3 Å². The van der Waals surface area contributed by atoms with Crippen molar-refractivity contribution < 1.29 is 0 Å². The maximum absolute atomic E-state index is 5.41. The summed E-state index contributed by atoms with van der Waals surface area (Å²) in [5.74, 6) is 1.80. The molecule has 0 fully saturated rings. The van der Waals surface area contributed by atoms with E-state index < -0.39 is 0 Å². The number of hydrogen-bond donors (Lipinski definition) is 0. The van der Waals surface area contributed by atoms with Gasteiger partial charge < -0.3 is 4.57 Å². The van der Waals surface area contributed by atoms with E-state index in [1.165, 1.54) is 43.8 Å². The molecule has 0 bridgehead atoms. The zero-order valence-electron chi connectivity index (χ0n) is 30.7. The van der Waals surface area contributed by atoms with Gasteiger partial charge in [-0.25, -0.2) is 4.98 Å². The van der Waals surface area contributed by atoms with Gasteiger partial charge >= 0.3 is 0 Å². The highest BCUT2D eigenvalue weighted by molar-refractivity contribution is 6.11. The Hall–Kier alpha value is -6.85. The Balaban J connectivity index is 1.30. The maximum Gasteiger partial charge on any atom is 0.238 e. The van der Waals surface area contributed by atoms with Crippen molar-refractivity contribution in [1.82, 2.24) is 24.1 Å². The summed E-state index contributed by atoms with van der Waals surface area (Å²) < 4.78 is 4.57. The van der Waals surface area contributed by atoms with E-state index in [0.29, 0.717) is 17.6 Å². The summed E-state index contributed by atoms with van der Waals surface area (Å²) in [4.78, 5) is 16.1. The third-order valence-corrected chi connectivity index (χ3v) is 10.6. The Bertz CT molecular complexity index is 2980. The molecule has 0 saturated heterocycles. The van der Waals surface area contributed by atoms with Gasteiger partial charge in [0.15, 0.2) is 11.6 Å². The highest BCUT2D eigenvalue weighted by Gasteiger charge is 2.22. The Morgan fingerprint density at radius 2 is 0.759 bits per heavy atom. The first-order valence-corrected chi connectivity index (χ1v) is 18.5. The van der Waals surface area contributed by atoms with Gasteiger partial charge in [-0.3, -0.25) is 4.57 Å². The number of benzene rings is 7. The van der Waals surface area contributed by atoms with Crippen LogP contribution >= 0.6 is 0 Å². The molecule has 0 spiro atoms. The molecule has 0 unspecified atom stereocenters. The molecule has 0 radical (unpaired) electrons. The van der Waals surface area contributed by atoms with E-state index in [0.717, 1.165) is 50.0 Å². The standard InChI is InChI=1S/C49H37N5/c1-30-18-22-43-38(26-30)39-27-31(2)19-23-44(39)53(43)42-17-11-10-16-37(42)48-50-47(36-15-9-8-14-35(36)34-12-6-5-7-13-34)51-49(52-48)54-45-24-20-32(3)28-40(45)41-29-33(4)21-25-46(41)54/h5-29H,1-4H3. The summed E-state index contributed by atoms with van der Waals surface area (Å²) in [6.07, 6.45) is 0. The van der Waals surface area contributed by atoms with Crippen molar-refractivity contribution >= 4 is 43.6 Å². The molecule has 10 rings (SSSR count). The van der Waals surface area contributed by atoms with E-state index in [-0.39, 0.29) is 0 Å². The molecule has 0 aliphatic carbocycles. The summed E-state index contributed by atoms with van der Waals surface area (Å²) >= 11 is 0. The molecule has 0 amide bonds. The van der Waals surface area contributed by atoms with Crippen LogP contribution in [0.4, 0.5) is 0 Å². The molecule has 5 nitrogen and oxygen atoms in total. The van der Waals surface area contributed by atoms with Gasteiger partial charge in [0, 0.05) is 32.7 Å². The highest BCUT2D eigenvalue weighted by atomic mass is 15.2. The van der Waals surface area contributed by atoms with Gasteiger partial charge in [0.05, 0.1) is 27.8 Å². The fourth-order valence-electron chi connectivity index (χ4n) is 8.09. The topological polar surface area (TPSA) is 48.5 Å². The van der Waals surface area contributed by atoms with Crippen molar-refractivity contribution in [1.29, 1.82) is 0 Å². The van der Waals surface area contributed by atoms with Crippen molar-refractivity contribution in [3.05, 3.63) is 174 Å². The number of nitrogens with zero attached hydrogens (tertiary/aromatic N) is 5. The zero-order valence-corrected chi connectivity index (χ0v) is 30.7. The van der Waals surface area contributed by atoms with Gasteiger partial charge in [-0.05, 0) is 99.5 Å². The Kier molecular flexibility index (Phi) is 7.31. The van der Waals surface area contributed by atoms with Crippen molar-refractivity contribution in [2.75, 3.05) is 0 Å². The van der Waals surface area contributed by atoms with Gasteiger partial charge in [0.25, 0.3) is 0 Å². The largest absolute Gasteiger partial charge is 0.309 e. The number of aromatic nitrogens is 5. The lowest BCUT2D eigenvalue weighted by Gasteiger charge is -2.16. The molecular weight excluding hydrogens is 659 g/mol. The molecule has 3 heterocycles. The first kappa shape index (κ1) is 31.9. The third kappa shape index (κ3) is 5.12. The minimum absolute atomic E-state index is 0.578. The van der Waals surface area contributed by atoms with Crippen LogP contribution in [-0.2, 0) is 0 Å². The zero-order chi connectivity index (χ0) is 36.5. The first-order valence-electron chi connectivity index (χ1n) is 18.5. The molecular formula is C49H37N5. The van der Waals surface area contributed by atoms with Crippen LogP contribution in [0.2, 0.25) is 0 Å². The second-order valence-electron chi connectivity index (χ2n) is 14.5. The van der Waals surface area contributed by atoms with E-state index in [2.05, 4.69) is 182 Å². The molecule has 5 heteroatoms. The monoisotopic (exact) mass is 695 g/mol. The van der Waals surface area contributed by atoms with E-state index in [4.69, 9.17) is 15.0 Å². The van der Waals surface area contributed by atoms with Crippen LogP contribution in [0.5, 0.6) is 0 Å². The smallest absolute Gasteiger partial charge is 0.238 e. The van der Waals surface area contributed by atoms with E-state index in [9.17, 15) is 0 Å². The third-order valence-electron chi connectivity index (χ3n) is 10.6. The van der Waals surface area contributed by atoms with Crippen molar-refractivity contribution in [3.8, 4) is 45.5 Å². The van der Waals surface area contributed by atoms with E-state index in [1.54, 1.807) is 0 Å². The quantitative estimate of drug-likeness (QED) is 0.180. The molecule has 258 valence electrons. The summed E-state index contributed by atoms with van der Waals surface area (Å²) in [5, 5.41) is 4.82. The van der Waals surface area contributed by atoms with Crippen molar-refractivity contribution in [2.45, 2.75) is 27.7 Å². The van der Waals surface area contributed by atoms with Gasteiger partial charge in [-0.1, -0.05) is 113 Å². The first-order chi connectivity index (χ1) is 26.4. The predicted molar refractivity (Wildman–Crippen MR) is 224 cm³/mol. The van der Waals surface area contributed by atoms with Crippen molar-refractivity contribution in [2.24, 2.45) is 0 Å². The van der Waals surface area contributed by atoms with Gasteiger partial charge in [-0.15, -0.1) is 0 Å². The SMILES string of the molecule is Cc1ccc2c(c1)c1cc(C)ccc1n2-c1nc(-c2ccccc2-c2ccccc2)nc(-c2ccccc2-n2c3ccc(C)cc3c3cc(C)ccc32)n1. The van der Waals surface area contributed by atoms with Crippen LogP contribution in [0.3, 0.4) is 0 Å². The van der Waals surface area contributed by atoms with Gasteiger partial charge in [-0.2, -0.15) is 9.97 Å². The summed E-state index contributed by atoms with van der Waals surface area (Å²) in [5.41, 5.74) is 14.3. The molecule has 0 aliphatic rings. The molecule has 0 atom stereocenters. The fourth-order valence-corrected chi connectivity index (χ4v) is 8.09. The second kappa shape index (κ2) is 12.4. The van der Waals surface area contributed by atoms with Gasteiger partial charge in [0.2, 0.25) is 5.95 Å². The lowest BCUT2D eigenvalue weighted by molar-refractivity contribution is 0.951. The van der Waals surface area contributed by atoms with Crippen LogP contribution in [0, 0.1) is 27.7 Å². The van der Waals surface area contributed by atoms with Crippen LogP contribution in [0.25, 0.3) is 89.2 Å². The van der Waals surface area contributed by atoms with Crippen LogP contribution in [0.15, 0.2) is 152 Å². The van der Waals surface area contributed by atoms with Crippen molar-refractivity contribution in [3.63, 3.8) is 0 Å². The summed E-state index contributed by atoms with van der Waals surface area (Å²) in [7, 11) is 0. The molecule has 0 saturated carbocycles. The lowest BCUT2D eigenvalue weighted by Crippen LogP contribution is -2.08. The molecule has 10 aromatic rings. The number of rotatable bonds is 5. The van der Waals surface area contributed by atoms with E-state index >= 15 is 0 Å². The Labute approximate surface area is 313 Å². The molecule has 0 N–H and O–H groups in total. The number of fused-ring (bicyclic) bond motifs is 6. The fraction of sp³-hybridized carbons (Fsp3) is 0.0816.